The summed E-state index contributed by atoms with van der Waals surface area (Å²) in [6, 6.07) is 14.8. The molecule has 174 valence electrons. The van der Waals surface area contributed by atoms with Crippen molar-refractivity contribution in [3.05, 3.63) is 65.0 Å². The highest BCUT2D eigenvalue weighted by molar-refractivity contribution is 5.76. The highest BCUT2D eigenvalue weighted by Crippen LogP contribution is 2.49. The van der Waals surface area contributed by atoms with Crippen LogP contribution in [0.5, 0.6) is 23.1 Å². The third-order valence-electron chi connectivity index (χ3n) is 5.27. The number of nitrogens with two attached hydrogens (primary N) is 2. The van der Waals surface area contributed by atoms with Crippen LogP contribution in [-0.2, 0) is 4.79 Å². The summed E-state index contributed by atoms with van der Waals surface area (Å²) in [6.45, 7) is 2.04. The van der Waals surface area contributed by atoms with Gasteiger partial charge in [-0.25, -0.2) is 0 Å². The number of H-pyrrole nitrogens is 1. The zero-order chi connectivity index (χ0) is 24.2. The summed E-state index contributed by atoms with van der Waals surface area (Å²) in [5, 5.41) is 17.3. The van der Waals surface area contributed by atoms with Crippen LogP contribution in [0, 0.1) is 11.3 Å². The number of nitrogens with zero attached hydrogens (tertiary/aromatic N) is 2. The number of carbonyl (C=O) groups is 1. The van der Waals surface area contributed by atoms with Crippen molar-refractivity contribution in [1.29, 1.82) is 5.26 Å². The average molecular weight is 461 g/mol. The quantitative estimate of drug-likeness (QED) is 0.462. The van der Waals surface area contributed by atoms with Crippen molar-refractivity contribution < 1.29 is 23.7 Å². The molecule has 1 aliphatic heterocycles. The summed E-state index contributed by atoms with van der Waals surface area (Å²) in [4.78, 5) is 11.4. The van der Waals surface area contributed by atoms with Crippen molar-refractivity contribution in [2.45, 2.75) is 12.8 Å². The molecule has 0 saturated carbocycles. The number of rotatable bonds is 8. The third kappa shape index (κ3) is 4.06. The normalized spacial score (nSPS) is 14.6. The van der Waals surface area contributed by atoms with E-state index in [-0.39, 0.29) is 29.7 Å². The first-order valence-electron chi connectivity index (χ1n) is 10.5. The van der Waals surface area contributed by atoms with Crippen molar-refractivity contribution in [2.75, 3.05) is 20.3 Å². The second-order valence-corrected chi connectivity index (χ2v) is 7.34. The summed E-state index contributed by atoms with van der Waals surface area (Å²) in [5.41, 5.74) is 14.1. The summed E-state index contributed by atoms with van der Waals surface area (Å²) >= 11 is 0. The second-order valence-electron chi connectivity index (χ2n) is 7.34. The minimum absolute atomic E-state index is 0.0789. The van der Waals surface area contributed by atoms with E-state index in [0.29, 0.717) is 34.9 Å². The number of benzene rings is 2. The molecule has 0 saturated heterocycles. The molecule has 0 bridgehead atoms. The zero-order valence-electron chi connectivity index (χ0n) is 18.6. The van der Waals surface area contributed by atoms with Gasteiger partial charge in [-0.05, 0) is 25.1 Å². The first-order chi connectivity index (χ1) is 16.5. The lowest BCUT2D eigenvalue weighted by Gasteiger charge is -2.26. The molecule has 1 atom stereocenters. The predicted molar refractivity (Wildman–Crippen MR) is 122 cm³/mol. The van der Waals surface area contributed by atoms with Crippen molar-refractivity contribution in [3.63, 3.8) is 0 Å². The first-order valence-corrected chi connectivity index (χ1v) is 10.5. The predicted octanol–water partition coefficient (Wildman–Crippen LogP) is 2.57. The molecule has 1 aromatic heterocycles. The lowest BCUT2D eigenvalue weighted by Crippen LogP contribution is -2.23. The largest absolute Gasteiger partial charge is 0.494 e. The van der Waals surface area contributed by atoms with Gasteiger partial charge in [0.05, 0.1) is 30.9 Å². The Hall–Kier alpha value is -4.65. The number of allylic oxidation sites excluding steroid dienone is 1. The molecule has 0 aliphatic carbocycles. The van der Waals surface area contributed by atoms with Gasteiger partial charge in [-0.1, -0.05) is 24.3 Å². The topological polar surface area (TPSA) is 158 Å². The second kappa shape index (κ2) is 9.46. The zero-order valence-corrected chi connectivity index (χ0v) is 18.6. The molecule has 2 aromatic carbocycles. The number of hydrogen-bond donors (Lipinski definition) is 3. The SMILES string of the molecule is CCOc1cccc(-c2[nH]nc3c2C(c2cccc(OC)c2OCC(N)=O)C(C#N)=C(N)O3)c1. The fourth-order valence-electron chi connectivity index (χ4n) is 3.90. The maximum absolute atomic E-state index is 11.4. The number of para-hydroxylation sites is 1. The minimum atomic E-state index is -0.726. The number of carbonyl (C=O) groups excluding carboxylic acids is 1. The molecule has 3 aromatic rings. The van der Waals surface area contributed by atoms with Crippen molar-refractivity contribution in [3.8, 4) is 40.5 Å². The Morgan fingerprint density at radius 2 is 2.06 bits per heavy atom. The molecular formula is C24H23N5O5. The lowest BCUT2D eigenvalue weighted by molar-refractivity contribution is -0.119. The Bertz CT molecular complexity index is 1310. The van der Waals surface area contributed by atoms with E-state index >= 15 is 0 Å². The lowest BCUT2D eigenvalue weighted by atomic mass is 9.82. The standard InChI is InChI=1S/C24H23N5O5/c1-3-32-14-7-4-6-13(10-14)21-20-19(16(11-25)23(27)34-24(20)29-28-21)15-8-5-9-17(31-2)22(15)33-12-18(26)30/h4-10,19H,3,12,27H2,1-2H3,(H2,26,30)(H,28,29). The van der Waals surface area contributed by atoms with Crippen LogP contribution in [0.2, 0.25) is 0 Å². The van der Waals surface area contributed by atoms with Crippen LogP contribution in [-0.4, -0.2) is 36.4 Å². The van der Waals surface area contributed by atoms with Crippen molar-refractivity contribution >= 4 is 5.91 Å². The maximum Gasteiger partial charge on any atom is 0.255 e. The number of amides is 1. The van der Waals surface area contributed by atoms with E-state index in [1.807, 2.05) is 31.2 Å². The summed E-state index contributed by atoms with van der Waals surface area (Å²) in [5.74, 6) is 0.0716. The van der Waals surface area contributed by atoms with E-state index in [1.165, 1.54) is 7.11 Å². The molecule has 1 amide bonds. The molecule has 0 radical (unpaired) electrons. The number of aromatic nitrogens is 2. The van der Waals surface area contributed by atoms with Gasteiger partial charge in [-0.15, -0.1) is 5.10 Å². The maximum atomic E-state index is 11.4. The Morgan fingerprint density at radius 3 is 2.76 bits per heavy atom. The molecule has 2 heterocycles. The Morgan fingerprint density at radius 1 is 1.26 bits per heavy atom. The molecule has 10 nitrogen and oxygen atoms in total. The van der Waals surface area contributed by atoms with E-state index < -0.39 is 11.8 Å². The van der Waals surface area contributed by atoms with Gasteiger partial charge in [0.25, 0.3) is 5.91 Å². The van der Waals surface area contributed by atoms with Crippen molar-refractivity contribution in [2.24, 2.45) is 11.5 Å². The average Bonchev–Trinajstić information content (AvgIpc) is 3.25. The summed E-state index contributed by atoms with van der Waals surface area (Å²) < 4.78 is 22.5. The minimum Gasteiger partial charge on any atom is -0.494 e. The number of nitriles is 1. The van der Waals surface area contributed by atoms with E-state index in [1.54, 1.807) is 18.2 Å². The number of fused-ring (bicyclic) bond motifs is 1. The van der Waals surface area contributed by atoms with E-state index in [9.17, 15) is 10.1 Å². The van der Waals surface area contributed by atoms with Crippen LogP contribution in [0.3, 0.4) is 0 Å². The van der Waals surface area contributed by atoms with Crippen LogP contribution in [0.1, 0.15) is 24.0 Å². The summed E-state index contributed by atoms with van der Waals surface area (Å²) in [6.07, 6.45) is 0. The van der Waals surface area contributed by atoms with Gasteiger partial charge >= 0.3 is 0 Å². The highest BCUT2D eigenvalue weighted by Gasteiger charge is 2.38. The molecule has 10 heteroatoms. The van der Waals surface area contributed by atoms with Crippen molar-refractivity contribution in [1.82, 2.24) is 10.2 Å². The van der Waals surface area contributed by atoms with Crippen LogP contribution >= 0.6 is 0 Å². The van der Waals surface area contributed by atoms with Crippen LogP contribution in [0.15, 0.2) is 53.9 Å². The molecule has 5 N–H and O–H groups in total. The molecule has 0 spiro atoms. The number of primary amides is 1. The number of nitrogens with one attached hydrogen (secondary N) is 1. The third-order valence-corrected chi connectivity index (χ3v) is 5.27. The fraction of sp³-hybridized carbons (Fsp3) is 0.208. The highest BCUT2D eigenvalue weighted by atomic mass is 16.5. The Labute approximate surface area is 195 Å². The van der Waals surface area contributed by atoms with Crippen LogP contribution < -0.4 is 30.4 Å². The van der Waals surface area contributed by atoms with Crippen LogP contribution in [0.25, 0.3) is 11.3 Å². The number of hydrogen-bond acceptors (Lipinski definition) is 8. The molecule has 0 fully saturated rings. The van der Waals surface area contributed by atoms with Gasteiger partial charge in [-0.3, -0.25) is 9.89 Å². The Kier molecular flexibility index (Phi) is 6.27. The van der Waals surface area contributed by atoms with Gasteiger partial charge in [0.15, 0.2) is 18.1 Å². The van der Waals surface area contributed by atoms with Gasteiger partial charge in [-0.2, -0.15) is 5.26 Å². The van der Waals surface area contributed by atoms with Gasteiger partial charge < -0.3 is 30.4 Å². The molecular weight excluding hydrogens is 438 g/mol. The first kappa shape index (κ1) is 22.5. The van der Waals surface area contributed by atoms with Crippen LogP contribution in [0.4, 0.5) is 0 Å². The smallest absolute Gasteiger partial charge is 0.255 e. The molecule has 4 rings (SSSR count). The molecule has 34 heavy (non-hydrogen) atoms. The Balaban J connectivity index is 1.94. The van der Waals surface area contributed by atoms with Gasteiger partial charge in [0.2, 0.25) is 11.8 Å². The van der Waals surface area contributed by atoms with E-state index in [2.05, 4.69) is 16.3 Å². The summed E-state index contributed by atoms with van der Waals surface area (Å²) in [7, 11) is 1.48. The van der Waals surface area contributed by atoms with E-state index in [0.717, 1.165) is 5.56 Å². The number of ether oxygens (including phenoxy) is 4. The van der Waals surface area contributed by atoms with E-state index in [4.69, 9.17) is 30.4 Å². The van der Waals surface area contributed by atoms with Gasteiger partial charge in [0.1, 0.15) is 17.4 Å². The molecule has 1 aliphatic rings. The fourth-order valence-corrected chi connectivity index (χ4v) is 3.90. The number of methoxy groups -OCH3 is 1. The van der Waals surface area contributed by atoms with Gasteiger partial charge in [0, 0.05) is 11.1 Å². The number of aromatic amines is 1. The monoisotopic (exact) mass is 461 g/mol. The molecule has 1 unspecified atom stereocenters.